The minimum absolute atomic E-state index is 0.0145. The Labute approximate surface area is 208 Å². The van der Waals surface area contributed by atoms with Crippen molar-refractivity contribution >= 4 is 34.4 Å². The lowest BCUT2D eigenvalue weighted by Gasteiger charge is -2.40. The molecule has 9 heteroatoms. The number of rotatable bonds is 12. The summed E-state index contributed by atoms with van der Waals surface area (Å²) in [5.74, 6) is 0.271. The fourth-order valence-electron chi connectivity index (χ4n) is 3.95. The summed E-state index contributed by atoms with van der Waals surface area (Å²) in [6, 6.07) is 6.86. The summed E-state index contributed by atoms with van der Waals surface area (Å²) >= 11 is 2.16. The maximum atomic E-state index is 13.2. The average molecular weight is 572 g/mol. The third-order valence-corrected chi connectivity index (χ3v) is 6.71. The van der Waals surface area contributed by atoms with Crippen LogP contribution in [0.5, 0.6) is 5.75 Å². The Kier molecular flexibility index (Phi) is 9.96. The third kappa shape index (κ3) is 7.14. The number of ether oxygens (including phenoxy) is 2. The molecule has 0 radical (unpaired) electrons. The van der Waals surface area contributed by atoms with Crippen LogP contribution in [-0.2, 0) is 14.3 Å². The molecule has 1 aromatic carbocycles. The topological polar surface area (TPSA) is 108 Å². The second kappa shape index (κ2) is 12.7. The zero-order valence-electron chi connectivity index (χ0n) is 18.9. The molecular formula is C24H33IN2O6. The Morgan fingerprint density at radius 2 is 2.03 bits per heavy atom. The van der Waals surface area contributed by atoms with Crippen LogP contribution in [0.25, 0.3) is 0 Å². The number of carbonyl (C=O) groups excluding carboxylic acids is 2. The number of hydrogen-bond acceptors (Lipinski definition) is 6. The van der Waals surface area contributed by atoms with Crippen molar-refractivity contribution in [3.8, 4) is 5.75 Å². The molecular weight excluding hydrogens is 539 g/mol. The van der Waals surface area contributed by atoms with Gasteiger partial charge < -0.3 is 29.9 Å². The molecule has 2 amide bonds. The molecule has 0 spiro atoms. The first-order valence-corrected chi connectivity index (χ1v) is 12.6. The fraction of sp³-hybridized carbons (Fsp3) is 0.583. The van der Waals surface area contributed by atoms with E-state index in [4.69, 9.17) is 14.6 Å². The maximum absolute atomic E-state index is 13.2. The molecule has 3 unspecified atom stereocenters. The lowest BCUT2D eigenvalue weighted by atomic mass is 9.87. The monoisotopic (exact) mass is 572 g/mol. The SMILES string of the molecule is CCOCCCN(C(=O)C1CC1)C1CC(C(=O)NCCO)=CC(Oc2ccccc2I)C1O. The molecule has 0 aromatic heterocycles. The van der Waals surface area contributed by atoms with E-state index in [2.05, 4.69) is 27.9 Å². The van der Waals surface area contributed by atoms with E-state index in [1.54, 1.807) is 11.0 Å². The van der Waals surface area contributed by atoms with Crippen LogP contribution < -0.4 is 10.1 Å². The number of nitrogens with zero attached hydrogens (tertiary/aromatic N) is 1. The van der Waals surface area contributed by atoms with Crippen LogP contribution in [0.4, 0.5) is 0 Å². The molecule has 182 valence electrons. The van der Waals surface area contributed by atoms with E-state index in [1.807, 2.05) is 31.2 Å². The minimum Gasteiger partial charge on any atom is -0.482 e. The number of nitrogens with one attached hydrogen (secondary N) is 1. The van der Waals surface area contributed by atoms with Crippen LogP contribution in [0.2, 0.25) is 0 Å². The number of halogens is 1. The third-order valence-electron chi connectivity index (χ3n) is 5.82. The smallest absolute Gasteiger partial charge is 0.247 e. The summed E-state index contributed by atoms with van der Waals surface area (Å²) in [6.07, 6.45) is 2.42. The second-order valence-electron chi connectivity index (χ2n) is 8.30. The largest absolute Gasteiger partial charge is 0.482 e. The number of carbonyl (C=O) groups is 2. The second-order valence-corrected chi connectivity index (χ2v) is 9.46. The van der Waals surface area contributed by atoms with Crippen molar-refractivity contribution in [2.45, 2.75) is 50.9 Å². The van der Waals surface area contributed by atoms with Gasteiger partial charge in [0.15, 0.2) is 0 Å². The van der Waals surface area contributed by atoms with Crippen LogP contribution >= 0.6 is 22.6 Å². The van der Waals surface area contributed by atoms with Gasteiger partial charge in [-0.15, -0.1) is 0 Å². The summed E-state index contributed by atoms with van der Waals surface area (Å²) in [7, 11) is 0. The van der Waals surface area contributed by atoms with Gasteiger partial charge in [-0.2, -0.15) is 0 Å². The highest BCUT2D eigenvalue weighted by atomic mass is 127. The molecule has 3 rings (SSSR count). The number of aliphatic hydroxyl groups is 2. The van der Waals surface area contributed by atoms with E-state index in [0.717, 1.165) is 16.4 Å². The Morgan fingerprint density at radius 1 is 1.27 bits per heavy atom. The lowest BCUT2D eigenvalue weighted by Crippen LogP contribution is -2.55. The number of benzene rings is 1. The van der Waals surface area contributed by atoms with E-state index in [1.165, 1.54) is 0 Å². The molecule has 1 fully saturated rings. The molecule has 2 aliphatic rings. The highest BCUT2D eigenvalue weighted by Gasteiger charge is 2.43. The van der Waals surface area contributed by atoms with Crippen molar-refractivity contribution in [3.05, 3.63) is 39.5 Å². The van der Waals surface area contributed by atoms with Gasteiger partial charge in [-0.05, 0) is 67.0 Å². The summed E-state index contributed by atoms with van der Waals surface area (Å²) in [5.41, 5.74) is 0.438. The predicted molar refractivity (Wildman–Crippen MR) is 132 cm³/mol. The standard InChI is InChI=1S/C24H33IN2O6/c1-2-32-13-5-11-27(24(31)16-8-9-16)19-14-17(23(30)26-10-12-28)15-21(22(19)29)33-20-7-4-3-6-18(20)25/h3-4,6-7,15-16,19,21-22,28-29H,2,5,8-14H2,1H3,(H,26,30). The first kappa shape index (κ1) is 25.9. The van der Waals surface area contributed by atoms with Gasteiger partial charge in [0.2, 0.25) is 11.8 Å². The predicted octanol–water partition coefficient (Wildman–Crippen LogP) is 1.87. The number of aliphatic hydroxyl groups excluding tert-OH is 2. The van der Waals surface area contributed by atoms with Crippen LogP contribution in [0.15, 0.2) is 35.9 Å². The maximum Gasteiger partial charge on any atom is 0.247 e. The summed E-state index contributed by atoms with van der Waals surface area (Å²) in [5, 5.41) is 23.1. The van der Waals surface area contributed by atoms with Crippen molar-refractivity contribution in [2.24, 2.45) is 5.92 Å². The van der Waals surface area contributed by atoms with Gasteiger partial charge in [0, 0.05) is 44.2 Å². The van der Waals surface area contributed by atoms with Crippen molar-refractivity contribution in [2.75, 3.05) is 32.9 Å². The first-order valence-electron chi connectivity index (χ1n) is 11.5. The van der Waals surface area contributed by atoms with Crippen molar-refractivity contribution in [3.63, 3.8) is 0 Å². The molecule has 3 N–H and O–H groups in total. The van der Waals surface area contributed by atoms with Gasteiger partial charge in [0.1, 0.15) is 18.0 Å². The lowest BCUT2D eigenvalue weighted by molar-refractivity contribution is -0.140. The highest BCUT2D eigenvalue weighted by molar-refractivity contribution is 14.1. The summed E-state index contributed by atoms with van der Waals surface area (Å²) in [4.78, 5) is 27.6. The van der Waals surface area contributed by atoms with Gasteiger partial charge in [-0.25, -0.2) is 0 Å². The van der Waals surface area contributed by atoms with Crippen LogP contribution in [0.3, 0.4) is 0 Å². The molecule has 0 bridgehead atoms. The zero-order chi connectivity index (χ0) is 23.8. The number of para-hydroxylation sites is 1. The molecule has 8 nitrogen and oxygen atoms in total. The van der Waals surface area contributed by atoms with Gasteiger partial charge in [0.05, 0.1) is 16.2 Å². The molecule has 1 saturated carbocycles. The Bertz CT molecular complexity index is 844. The Morgan fingerprint density at radius 3 is 2.70 bits per heavy atom. The molecule has 0 saturated heterocycles. The molecule has 2 aliphatic carbocycles. The number of amides is 2. The van der Waals surface area contributed by atoms with Gasteiger partial charge in [-0.1, -0.05) is 12.1 Å². The van der Waals surface area contributed by atoms with E-state index in [0.29, 0.717) is 37.5 Å². The molecule has 0 heterocycles. The highest BCUT2D eigenvalue weighted by Crippen LogP contribution is 2.35. The van der Waals surface area contributed by atoms with Crippen molar-refractivity contribution < 1.29 is 29.3 Å². The minimum atomic E-state index is -0.995. The van der Waals surface area contributed by atoms with E-state index in [-0.39, 0.29) is 37.3 Å². The van der Waals surface area contributed by atoms with Crippen molar-refractivity contribution in [1.82, 2.24) is 10.2 Å². The van der Waals surface area contributed by atoms with E-state index >= 15 is 0 Å². The molecule has 1 aromatic rings. The number of hydrogen-bond donors (Lipinski definition) is 3. The first-order chi connectivity index (χ1) is 16.0. The normalized spacial score (nSPS) is 22.4. The van der Waals surface area contributed by atoms with Crippen LogP contribution in [-0.4, -0.2) is 78.1 Å². The quantitative estimate of drug-likeness (QED) is 0.261. The van der Waals surface area contributed by atoms with E-state index in [9.17, 15) is 14.7 Å². The van der Waals surface area contributed by atoms with Crippen LogP contribution in [0.1, 0.15) is 32.6 Å². The fourth-order valence-corrected chi connectivity index (χ4v) is 4.47. The Balaban J connectivity index is 1.86. The average Bonchev–Trinajstić information content (AvgIpc) is 3.66. The zero-order valence-corrected chi connectivity index (χ0v) is 21.1. The summed E-state index contributed by atoms with van der Waals surface area (Å²) < 4.78 is 12.5. The van der Waals surface area contributed by atoms with E-state index < -0.39 is 18.2 Å². The van der Waals surface area contributed by atoms with Crippen molar-refractivity contribution in [1.29, 1.82) is 0 Å². The van der Waals surface area contributed by atoms with Gasteiger partial charge in [-0.3, -0.25) is 9.59 Å². The molecule has 3 atom stereocenters. The van der Waals surface area contributed by atoms with Gasteiger partial charge >= 0.3 is 0 Å². The van der Waals surface area contributed by atoms with Crippen LogP contribution in [0, 0.1) is 9.49 Å². The summed E-state index contributed by atoms with van der Waals surface area (Å²) in [6.45, 7) is 3.45. The molecule has 33 heavy (non-hydrogen) atoms. The Hall–Kier alpha value is -1.69. The van der Waals surface area contributed by atoms with Gasteiger partial charge in [0.25, 0.3) is 0 Å². The molecule has 0 aliphatic heterocycles.